The van der Waals surface area contributed by atoms with E-state index in [1.165, 1.54) is 32.1 Å². The normalized spacial score (nSPS) is 22.7. The molecule has 1 aromatic carbocycles. The third-order valence-corrected chi connectivity index (χ3v) is 4.37. The summed E-state index contributed by atoms with van der Waals surface area (Å²) in [6.07, 6.45) is 6.60. The Kier molecular flexibility index (Phi) is 1.61. The molecule has 82 valence electrons. The van der Waals surface area contributed by atoms with Crippen LogP contribution >= 0.6 is 0 Å². The number of benzene rings is 1. The molecule has 0 saturated carbocycles. The lowest BCUT2D eigenvalue weighted by Crippen LogP contribution is -2.10. The minimum Gasteiger partial charge on any atom is -0.341 e. The number of rotatable bonds is 0. The molecule has 0 unspecified atom stereocenters. The molecule has 2 heterocycles. The molecule has 0 amide bonds. The lowest BCUT2D eigenvalue weighted by atomic mass is 9.94. The zero-order valence-electron chi connectivity index (χ0n) is 9.79. The second kappa shape index (κ2) is 2.91. The van der Waals surface area contributed by atoms with Crippen LogP contribution in [-0.4, -0.2) is 4.57 Å². The number of aromatic nitrogens is 1. The van der Waals surface area contributed by atoms with Crippen molar-refractivity contribution in [2.45, 2.75) is 45.1 Å². The van der Waals surface area contributed by atoms with E-state index >= 15 is 0 Å². The summed E-state index contributed by atoms with van der Waals surface area (Å²) in [6.45, 7) is 2.37. The lowest BCUT2D eigenvalue weighted by molar-refractivity contribution is 0.546. The molecule has 1 aliphatic carbocycles. The van der Waals surface area contributed by atoms with Gasteiger partial charge >= 0.3 is 0 Å². The molecular formula is C15H17N. The van der Waals surface area contributed by atoms with E-state index in [0.717, 1.165) is 0 Å². The van der Waals surface area contributed by atoms with Crippen molar-refractivity contribution in [3.8, 4) is 0 Å². The first-order chi connectivity index (χ1) is 7.86. The molecule has 0 N–H and O–H groups in total. The van der Waals surface area contributed by atoms with Crippen molar-refractivity contribution in [3.05, 3.63) is 35.0 Å². The Morgan fingerprint density at radius 1 is 1.19 bits per heavy atom. The van der Waals surface area contributed by atoms with Gasteiger partial charge in [0.25, 0.3) is 0 Å². The number of hydrogen-bond donors (Lipinski definition) is 0. The Morgan fingerprint density at radius 3 is 3.00 bits per heavy atom. The summed E-state index contributed by atoms with van der Waals surface area (Å²) in [5.74, 6) is 0. The van der Waals surface area contributed by atoms with Gasteiger partial charge < -0.3 is 4.57 Å². The highest BCUT2D eigenvalue weighted by atomic mass is 15.0. The Morgan fingerprint density at radius 2 is 2.06 bits per heavy atom. The van der Waals surface area contributed by atoms with E-state index in [2.05, 4.69) is 29.7 Å². The molecule has 1 heteroatoms. The number of aryl methyl sites for hydroxylation is 1. The van der Waals surface area contributed by atoms with Crippen molar-refractivity contribution in [3.63, 3.8) is 0 Å². The number of nitrogens with zero attached hydrogens (tertiary/aromatic N) is 1. The summed E-state index contributed by atoms with van der Waals surface area (Å²) < 4.78 is 2.64. The highest BCUT2D eigenvalue weighted by Crippen LogP contribution is 2.41. The van der Waals surface area contributed by atoms with E-state index < -0.39 is 0 Å². The average Bonchev–Trinajstić information content (AvgIpc) is 2.82. The van der Waals surface area contributed by atoms with Gasteiger partial charge in [0.2, 0.25) is 0 Å². The summed E-state index contributed by atoms with van der Waals surface area (Å²) in [7, 11) is 0. The fourth-order valence-electron chi connectivity index (χ4n) is 3.76. The van der Waals surface area contributed by atoms with Gasteiger partial charge in [-0.25, -0.2) is 0 Å². The summed E-state index contributed by atoms with van der Waals surface area (Å²) in [5, 5.41) is 1.55. The molecule has 1 aliphatic heterocycles. The van der Waals surface area contributed by atoms with Gasteiger partial charge in [-0.2, -0.15) is 0 Å². The summed E-state index contributed by atoms with van der Waals surface area (Å²) in [4.78, 5) is 0. The minimum atomic E-state index is 0.682. The fourth-order valence-corrected chi connectivity index (χ4v) is 3.76. The minimum absolute atomic E-state index is 0.682. The SMILES string of the molecule is C[C@@H]1Cc2cccc3c4c(n1c23)CCCC4. The Hall–Kier alpha value is -1.24. The van der Waals surface area contributed by atoms with Gasteiger partial charge in [-0.05, 0) is 50.2 Å². The molecule has 0 radical (unpaired) electrons. The maximum Gasteiger partial charge on any atom is 0.0521 e. The van der Waals surface area contributed by atoms with Crippen LogP contribution in [0, 0.1) is 0 Å². The van der Waals surface area contributed by atoms with Gasteiger partial charge in [0.05, 0.1) is 5.52 Å². The molecule has 4 rings (SSSR count). The van der Waals surface area contributed by atoms with E-state index in [4.69, 9.17) is 0 Å². The van der Waals surface area contributed by atoms with Gasteiger partial charge in [0.15, 0.2) is 0 Å². The Bertz CT molecular complexity index is 577. The van der Waals surface area contributed by atoms with Crippen LogP contribution in [0.5, 0.6) is 0 Å². The van der Waals surface area contributed by atoms with E-state index in [1.807, 2.05) is 0 Å². The largest absolute Gasteiger partial charge is 0.341 e. The molecule has 0 spiro atoms. The van der Waals surface area contributed by atoms with Crippen molar-refractivity contribution >= 4 is 10.9 Å². The van der Waals surface area contributed by atoms with Crippen molar-refractivity contribution in [1.82, 2.24) is 4.57 Å². The predicted molar refractivity (Wildman–Crippen MR) is 67.0 cm³/mol. The Balaban J connectivity index is 2.17. The van der Waals surface area contributed by atoms with Crippen LogP contribution in [-0.2, 0) is 19.3 Å². The van der Waals surface area contributed by atoms with Crippen molar-refractivity contribution < 1.29 is 0 Å². The maximum absolute atomic E-state index is 2.64. The first-order valence-electron chi connectivity index (χ1n) is 6.50. The summed E-state index contributed by atoms with van der Waals surface area (Å²) in [5.41, 5.74) is 6.44. The predicted octanol–water partition coefficient (Wildman–Crippen LogP) is 3.64. The maximum atomic E-state index is 2.64. The smallest absolute Gasteiger partial charge is 0.0521 e. The van der Waals surface area contributed by atoms with Crippen LogP contribution in [0.15, 0.2) is 18.2 Å². The fraction of sp³-hybridized carbons (Fsp3) is 0.467. The first kappa shape index (κ1) is 8.86. The second-order valence-corrected chi connectivity index (χ2v) is 5.37. The molecule has 1 nitrogen and oxygen atoms in total. The Labute approximate surface area is 96.1 Å². The number of hydrogen-bond acceptors (Lipinski definition) is 0. The quantitative estimate of drug-likeness (QED) is 0.627. The van der Waals surface area contributed by atoms with E-state index in [9.17, 15) is 0 Å². The molecule has 1 aromatic heterocycles. The zero-order chi connectivity index (χ0) is 10.7. The van der Waals surface area contributed by atoms with Crippen LogP contribution in [0.4, 0.5) is 0 Å². The lowest BCUT2D eigenvalue weighted by Gasteiger charge is -2.18. The van der Waals surface area contributed by atoms with Crippen LogP contribution in [0.2, 0.25) is 0 Å². The number of para-hydroxylation sites is 1. The topological polar surface area (TPSA) is 4.93 Å². The molecule has 2 aliphatic rings. The first-order valence-corrected chi connectivity index (χ1v) is 6.50. The molecule has 2 aromatic rings. The molecule has 0 saturated heterocycles. The highest BCUT2D eigenvalue weighted by Gasteiger charge is 2.28. The average molecular weight is 211 g/mol. The van der Waals surface area contributed by atoms with E-state index in [-0.39, 0.29) is 0 Å². The molecule has 16 heavy (non-hydrogen) atoms. The standard InChI is InChI=1S/C15H17N/c1-10-9-11-5-4-7-13-12-6-2-3-8-14(12)16(10)15(11)13/h4-5,7,10H,2-3,6,8-9H2,1H3/t10-/m1/s1. The van der Waals surface area contributed by atoms with Crippen molar-refractivity contribution in [2.24, 2.45) is 0 Å². The van der Waals surface area contributed by atoms with Gasteiger partial charge in [-0.1, -0.05) is 18.2 Å². The number of fused-ring (bicyclic) bond motifs is 3. The molecule has 0 fully saturated rings. The summed E-state index contributed by atoms with van der Waals surface area (Å²) >= 11 is 0. The van der Waals surface area contributed by atoms with Gasteiger partial charge in [-0.15, -0.1) is 0 Å². The molecule has 1 atom stereocenters. The van der Waals surface area contributed by atoms with Crippen molar-refractivity contribution in [1.29, 1.82) is 0 Å². The summed E-state index contributed by atoms with van der Waals surface area (Å²) in [6, 6.07) is 7.57. The van der Waals surface area contributed by atoms with Crippen LogP contribution in [0.3, 0.4) is 0 Å². The van der Waals surface area contributed by atoms with Gasteiger partial charge in [0, 0.05) is 17.1 Å². The van der Waals surface area contributed by atoms with E-state index in [0.29, 0.717) is 6.04 Å². The third kappa shape index (κ3) is 0.922. The van der Waals surface area contributed by atoms with Gasteiger partial charge in [0.1, 0.15) is 0 Å². The highest BCUT2D eigenvalue weighted by molar-refractivity contribution is 5.90. The van der Waals surface area contributed by atoms with Crippen LogP contribution in [0.25, 0.3) is 10.9 Å². The van der Waals surface area contributed by atoms with Crippen LogP contribution in [0.1, 0.15) is 42.6 Å². The zero-order valence-corrected chi connectivity index (χ0v) is 9.79. The third-order valence-electron chi connectivity index (χ3n) is 4.37. The van der Waals surface area contributed by atoms with Crippen molar-refractivity contribution in [2.75, 3.05) is 0 Å². The molecule has 0 bridgehead atoms. The second-order valence-electron chi connectivity index (χ2n) is 5.37. The monoisotopic (exact) mass is 211 g/mol. The van der Waals surface area contributed by atoms with Gasteiger partial charge in [-0.3, -0.25) is 0 Å². The van der Waals surface area contributed by atoms with Crippen LogP contribution < -0.4 is 0 Å². The van der Waals surface area contributed by atoms with E-state index in [1.54, 1.807) is 27.7 Å². The molecular weight excluding hydrogens is 194 g/mol.